The van der Waals surface area contributed by atoms with Crippen LogP contribution in [0.2, 0.25) is 0 Å². The highest BCUT2D eigenvalue weighted by atomic mass is 127. The summed E-state index contributed by atoms with van der Waals surface area (Å²) < 4.78 is 5.82. The molecule has 1 rings (SSSR count). The Morgan fingerprint density at radius 2 is 2.19 bits per heavy atom. The molecule has 0 aliphatic carbocycles. The second-order valence-electron chi connectivity index (χ2n) is 2.92. The summed E-state index contributed by atoms with van der Waals surface area (Å²) in [5.41, 5.74) is 5.35. The van der Waals surface area contributed by atoms with Crippen molar-refractivity contribution in [2.45, 2.75) is 6.92 Å². The van der Waals surface area contributed by atoms with Gasteiger partial charge in [-0.05, 0) is 47.7 Å². The first-order valence-electron chi connectivity index (χ1n) is 4.59. The maximum atomic E-state index is 11.2. The monoisotopic (exact) mass is 334 g/mol. The van der Waals surface area contributed by atoms with Gasteiger partial charge in [-0.3, -0.25) is 4.79 Å². The second-order valence-corrected chi connectivity index (χ2v) is 4.17. The summed E-state index contributed by atoms with van der Waals surface area (Å²) in [7, 11) is 0. The van der Waals surface area contributed by atoms with Crippen LogP contribution in [0.15, 0.2) is 18.2 Å². The van der Waals surface area contributed by atoms with Gasteiger partial charge >= 0.3 is 6.09 Å². The van der Waals surface area contributed by atoms with Crippen molar-refractivity contribution in [2.75, 3.05) is 6.54 Å². The van der Waals surface area contributed by atoms with Gasteiger partial charge in [-0.2, -0.15) is 0 Å². The number of carbonyl (C=O) groups excluding carboxylic acids is 2. The first kappa shape index (κ1) is 12.8. The zero-order valence-electron chi connectivity index (χ0n) is 8.62. The zero-order chi connectivity index (χ0) is 12.1. The van der Waals surface area contributed by atoms with E-state index in [1.807, 2.05) is 22.6 Å². The molecule has 0 aliphatic rings. The molecule has 6 heteroatoms. The molecule has 16 heavy (non-hydrogen) atoms. The van der Waals surface area contributed by atoms with Gasteiger partial charge in [0.2, 0.25) is 0 Å². The lowest BCUT2D eigenvalue weighted by molar-refractivity contribution is 0.0998. The van der Waals surface area contributed by atoms with Crippen molar-refractivity contribution < 1.29 is 14.3 Å². The van der Waals surface area contributed by atoms with Crippen LogP contribution in [-0.4, -0.2) is 18.5 Å². The van der Waals surface area contributed by atoms with E-state index in [0.717, 1.165) is 3.57 Å². The summed E-state index contributed by atoms with van der Waals surface area (Å²) in [5.74, 6) is -0.457. The lowest BCUT2D eigenvalue weighted by Gasteiger charge is -2.08. The third-order valence-electron chi connectivity index (χ3n) is 1.73. The van der Waals surface area contributed by atoms with Crippen LogP contribution in [0.1, 0.15) is 17.3 Å². The first-order valence-corrected chi connectivity index (χ1v) is 5.67. The van der Waals surface area contributed by atoms with Crippen LogP contribution >= 0.6 is 22.6 Å². The molecule has 0 bridgehead atoms. The average molecular weight is 334 g/mol. The lowest BCUT2D eigenvalue weighted by atomic mass is 10.2. The van der Waals surface area contributed by atoms with Crippen LogP contribution in [0.5, 0.6) is 5.75 Å². The van der Waals surface area contributed by atoms with Crippen LogP contribution < -0.4 is 15.8 Å². The van der Waals surface area contributed by atoms with Gasteiger partial charge in [0, 0.05) is 10.1 Å². The molecular formula is C10H11IN2O3. The van der Waals surface area contributed by atoms with Gasteiger partial charge in [-0.15, -0.1) is 0 Å². The molecule has 1 aromatic rings. The molecule has 2 amide bonds. The molecule has 86 valence electrons. The van der Waals surface area contributed by atoms with Crippen LogP contribution in [-0.2, 0) is 0 Å². The number of ether oxygens (including phenoxy) is 1. The number of nitrogens with two attached hydrogens (primary N) is 1. The molecule has 0 saturated heterocycles. The Morgan fingerprint density at radius 1 is 1.50 bits per heavy atom. The Morgan fingerprint density at radius 3 is 2.75 bits per heavy atom. The largest absolute Gasteiger partial charge is 0.412 e. The Kier molecular flexibility index (Phi) is 4.53. The topological polar surface area (TPSA) is 81.4 Å². The summed E-state index contributed by atoms with van der Waals surface area (Å²) >= 11 is 2.05. The van der Waals surface area contributed by atoms with Crippen LogP contribution in [0.25, 0.3) is 0 Å². The van der Waals surface area contributed by atoms with Gasteiger partial charge in [-0.1, -0.05) is 0 Å². The van der Waals surface area contributed by atoms with E-state index in [1.54, 1.807) is 19.1 Å². The number of nitrogens with one attached hydrogen (secondary N) is 1. The minimum atomic E-state index is -0.629. The average Bonchev–Trinajstić information content (AvgIpc) is 2.17. The fourth-order valence-corrected chi connectivity index (χ4v) is 1.53. The van der Waals surface area contributed by atoms with Gasteiger partial charge in [-0.25, -0.2) is 4.79 Å². The Bertz CT molecular complexity index is 421. The predicted octanol–water partition coefficient (Wildman–Crippen LogP) is 1.50. The maximum absolute atomic E-state index is 11.2. The van der Waals surface area contributed by atoms with E-state index in [0.29, 0.717) is 6.54 Å². The fraction of sp³-hybridized carbons (Fsp3) is 0.200. The lowest BCUT2D eigenvalue weighted by Crippen LogP contribution is -2.27. The van der Waals surface area contributed by atoms with Gasteiger partial charge in [0.05, 0.1) is 5.56 Å². The predicted molar refractivity (Wildman–Crippen MR) is 67.4 cm³/mol. The maximum Gasteiger partial charge on any atom is 0.412 e. The molecule has 0 radical (unpaired) electrons. The minimum Gasteiger partial charge on any atom is -0.409 e. The Balaban J connectivity index is 2.96. The molecule has 0 heterocycles. The first-order chi connectivity index (χ1) is 7.54. The molecule has 3 N–H and O–H groups in total. The molecule has 0 unspecified atom stereocenters. The van der Waals surface area contributed by atoms with Gasteiger partial charge in [0.1, 0.15) is 5.75 Å². The van der Waals surface area contributed by atoms with Crippen LogP contribution in [0, 0.1) is 3.57 Å². The molecule has 1 aromatic carbocycles. The van der Waals surface area contributed by atoms with E-state index in [2.05, 4.69) is 5.32 Å². The van der Waals surface area contributed by atoms with Gasteiger partial charge < -0.3 is 15.8 Å². The zero-order valence-corrected chi connectivity index (χ0v) is 10.8. The minimum absolute atomic E-state index is 0.172. The highest BCUT2D eigenvalue weighted by molar-refractivity contribution is 14.1. The van der Waals surface area contributed by atoms with Crippen molar-refractivity contribution in [3.63, 3.8) is 0 Å². The Hall–Kier alpha value is -1.31. The van der Waals surface area contributed by atoms with E-state index in [-0.39, 0.29) is 11.3 Å². The number of hydrogen-bond donors (Lipinski definition) is 2. The summed E-state index contributed by atoms with van der Waals surface area (Å²) in [6.45, 7) is 2.22. The number of rotatable bonds is 3. The highest BCUT2D eigenvalue weighted by Crippen LogP contribution is 2.21. The number of hydrogen-bond acceptors (Lipinski definition) is 3. The van der Waals surface area contributed by atoms with E-state index >= 15 is 0 Å². The second kappa shape index (κ2) is 5.69. The van der Waals surface area contributed by atoms with Crippen LogP contribution in [0.3, 0.4) is 0 Å². The SMILES string of the molecule is CCNC(=O)Oc1cc(I)ccc1C(N)=O. The summed E-state index contributed by atoms with van der Waals surface area (Å²) in [5, 5.41) is 2.46. The molecule has 0 atom stereocenters. The third kappa shape index (κ3) is 3.37. The Labute approximate surface area is 106 Å². The standard InChI is InChI=1S/C10H11IN2O3/c1-2-13-10(15)16-8-5-6(11)3-4-7(8)9(12)14/h3-5H,2H2,1H3,(H2,12,14)(H,13,15). The van der Waals surface area contributed by atoms with Crippen molar-refractivity contribution in [1.29, 1.82) is 0 Å². The van der Waals surface area contributed by atoms with Gasteiger partial charge in [0.15, 0.2) is 0 Å². The van der Waals surface area contributed by atoms with Crippen molar-refractivity contribution in [3.05, 3.63) is 27.3 Å². The summed E-state index contributed by atoms with van der Waals surface area (Å²) in [6.07, 6.45) is -0.605. The molecular weight excluding hydrogens is 323 g/mol. The number of halogens is 1. The molecule has 0 aliphatic heterocycles. The molecule has 0 aromatic heterocycles. The smallest absolute Gasteiger partial charge is 0.409 e. The normalized spacial score (nSPS) is 9.62. The number of benzene rings is 1. The summed E-state index contributed by atoms with van der Waals surface area (Å²) in [6, 6.07) is 4.82. The number of primary amides is 1. The number of amides is 2. The molecule has 0 saturated carbocycles. The van der Waals surface area contributed by atoms with Gasteiger partial charge in [0.25, 0.3) is 5.91 Å². The van der Waals surface area contributed by atoms with Crippen molar-refractivity contribution >= 4 is 34.6 Å². The number of carbonyl (C=O) groups is 2. The highest BCUT2D eigenvalue weighted by Gasteiger charge is 2.12. The van der Waals surface area contributed by atoms with Crippen molar-refractivity contribution in [1.82, 2.24) is 5.32 Å². The molecule has 0 fully saturated rings. The fourth-order valence-electron chi connectivity index (χ4n) is 1.06. The van der Waals surface area contributed by atoms with E-state index in [1.165, 1.54) is 6.07 Å². The quantitative estimate of drug-likeness (QED) is 0.822. The summed E-state index contributed by atoms with van der Waals surface area (Å²) in [4.78, 5) is 22.3. The third-order valence-corrected chi connectivity index (χ3v) is 2.40. The van der Waals surface area contributed by atoms with E-state index < -0.39 is 12.0 Å². The van der Waals surface area contributed by atoms with Crippen molar-refractivity contribution in [3.8, 4) is 5.75 Å². The van der Waals surface area contributed by atoms with E-state index in [4.69, 9.17) is 10.5 Å². The van der Waals surface area contributed by atoms with E-state index in [9.17, 15) is 9.59 Å². The molecule has 5 nitrogen and oxygen atoms in total. The van der Waals surface area contributed by atoms with Crippen LogP contribution in [0.4, 0.5) is 4.79 Å². The molecule has 0 spiro atoms. The van der Waals surface area contributed by atoms with Crippen molar-refractivity contribution in [2.24, 2.45) is 5.73 Å².